The van der Waals surface area contributed by atoms with E-state index in [-0.39, 0.29) is 12.0 Å². The van der Waals surface area contributed by atoms with Gasteiger partial charge in [0.1, 0.15) is 0 Å². The van der Waals surface area contributed by atoms with Crippen molar-refractivity contribution in [2.24, 2.45) is 5.92 Å². The van der Waals surface area contributed by atoms with Gasteiger partial charge in [-0.2, -0.15) is 0 Å². The summed E-state index contributed by atoms with van der Waals surface area (Å²) in [5, 5.41) is 10.5. The third-order valence-electron chi connectivity index (χ3n) is 4.33. The highest BCUT2D eigenvalue weighted by atomic mass is 16.7. The average Bonchev–Trinajstić information content (AvgIpc) is 2.60. The van der Waals surface area contributed by atoms with Gasteiger partial charge in [0, 0.05) is 18.1 Å². The second-order valence-electron chi connectivity index (χ2n) is 7.69. The van der Waals surface area contributed by atoms with Gasteiger partial charge >= 0.3 is 11.9 Å². The predicted octanol–water partition coefficient (Wildman–Crippen LogP) is 5.08. The van der Waals surface area contributed by atoms with Gasteiger partial charge in [-0.15, -0.1) is 0 Å². The molecule has 0 saturated heterocycles. The van der Waals surface area contributed by atoms with Crippen LogP contribution in [0, 0.1) is 5.92 Å². The van der Waals surface area contributed by atoms with Gasteiger partial charge in [0.25, 0.3) is 0 Å². The smallest absolute Gasteiger partial charge is 0.333 e. The highest BCUT2D eigenvalue weighted by molar-refractivity contribution is 5.87. The summed E-state index contributed by atoms with van der Waals surface area (Å²) in [4.78, 5) is 23.0. The van der Waals surface area contributed by atoms with Crippen LogP contribution >= 0.6 is 0 Å². The fourth-order valence-corrected chi connectivity index (χ4v) is 2.70. The molecule has 156 valence electrons. The molecule has 0 aliphatic carbocycles. The van der Waals surface area contributed by atoms with Crippen LogP contribution in [0.2, 0.25) is 0 Å². The summed E-state index contributed by atoms with van der Waals surface area (Å²) < 4.78 is 9.96. The Kier molecular flexibility index (Phi) is 13.6. The van der Waals surface area contributed by atoms with Crippen molar-refractivity contribution in [1.82, 2.24) is 0 Å². The maximum absolute atomic E-state index is 11.5. The minimum Gasteiger partial charge on any atom is -0.455 e. The third kappa shape index (κ3) is 14.1. The summed E-state index contributed by atoms with van der Waals surface area (Å²) in [5.74, 6) is -2.41. The van der Waals surface area contributed by atoms with Gasteiger partial charge < -0.3 is 14.6 Å². The maximum atomic E-state index is 11.5. The first-order valence-corrected chi connectivity index (χ1v) is 10.1. The normalized spacial score (nSPS) is 13.1. The summed E-state index contributed by atoms with van der Waals surface area (Å²) in [6.07, 6.45) is 11.4. The third-order valence-corrected chi connectivity index (χ3v) is 4.33. The molecule has 0 fully saturated rings. The van der Waals surface area contributed by atoms with E-state index in [1.807, 2.05) is 0 Å². The van der Waals surface area contributed by atoms with Crippen LogP contribution in [0.1, 0.15) is 85.0 Å². The van der Waals surface area contributed by atoms with Crippen LogP contribution in [-0.4, -0.2) is 29.4 Å². The Balaban J connectivity index is 4.07. The molecular formula is C22H38O5. The molecule has 5 heteroatoms. The largest absolute Gasteiger partial charge is 0.455 e. The van der Waals surface area contributed by atoms with E-state index in [9.17, 15) is 14.7 Å². The Hall–Kier alpha value is -1.62. The first-order chi connectivity index (χ1) is 12.7. The van der Waals surface area contributed by atoms with Crippen molar-refractivity contribution in [3.63, 3.8) is 0 Å². The van der Waals surface area contributed by atoms with Crippen LogP contribution in [0.15, 0.2) is 24.8 Å². The van der Waals surface area contributed by atoms with E-state index in [4.69, 9.17) is 9.47 Å². The fraction of sp³-hybridized carbons (Fsp3) is 0.727. The van der Waals surface area contributed by atoms with E-state index >= 15 is 0 Å². The van der Waals surface area contributed by atoms with Crippen LogP contribution in [0.4, 0.5) is 0 Å². The van der Waals surface area contributed by atoms with Crippen LogP contribution < -0.4 is 0 Å². The van der Waals surface area contributed by atoms with Gasteiger partial charge in [-0.25, -0.2) is 9.59 Å². The number of ether oxygens (including phenoxy) is 2. The molecule has 0 radical (unpaired) electrons. The minimum atomic E-state index is -1.83. The second kappa shape index (κ2) is 14.4. The molecule has 1 unspecified atom stereocenters. The van der Waals surface area contributed by atoms with Gasteiger partial charge in [-0.3, -0.25) is 0 Å². The van der Waals surface area contributed by atoms with Crippen LogP contribution in [0.3, 0.4) is 0 Å². The molecule has 0 rings (SSSR count). The quantitative estimate of drug-likeness (QED) is 0.174. The summed E-state index contributed by atoms with van der Waals surface area (Å²) in [6, 6.07) is 0. The van der Waals surface area contributed by atoms with E-state index in [1.165, 1.54) is 39.0 Å². The molecule has 0 heterocycles. The van der Waals surface area contributed by atoms with Gasteiger partial charge in [-0.1, -0.05) is 78.4 Å². The summed E-state index contributed by atoms with van der Waals surface area (Å²) in [7, 11) is 0. The van der Waals surface area contributed by atoms with Crippen LogP contribution in [0.25, 0.3) is 0 Å². The molecule has 27 heavy (non-hydrogen) atoms. The molecule has 0 aromatic rings. The van der Waals surface area contributed by atoms with Gasteiger partial charge in [0.2, 0.25) is 5.79 Å². The zero-order valence-corrected chi connectivity index (χ0v) is 17.4. The van der Waals surface area contributed by atoms with E-state index in [0.29, 0.717) is 6.42 Å². The molecule has 0 spiro atoms. The SMILES string of the molecule is C=CC(=O)OC(O)(CCCCCCCCCCC(C)C)COC(=O)C(=C)C. The zero-order valence-electron chi connectivity index (χ0n) is 17.4. The van der Waals surface area contributed by atoms with Crippen molar-refractivity contribution in [1.29, 1.82) is 0 Å². The minimum absolute atomic E-state index is 0.213. The average molecular weight is 383 g/mol. The standard InChI is InChI=1S/C22H38O5/c1-6-20(23)27-22(25,17-26-21(24)19(4)5)16-14-12-10-8-7-9-11-13-15-18(2)3/h6,18,25H,1,4,7-17H2,2-3,5H3. The lowest BCUT2D eigenvalue weighted by molar-refractivity contribution is -0.227. The van der Waals surface area contributed by atoms with Crippen molar-refractivity contribution in [2.75, 3.05) is 6.61 Å². The lowest BCUT2D eigenvalue weighted by atomic mass is 10.0. The monoisotopic (exact) mass is 382 g/mol. The van der Waals surface area contributed by atoms with E-state index in [0.717, 1.165) is 31.3 Å². The van der Waals surface area contributed by atoms with Crippen molar-refractivity contribution < 1.29 is 24.2 Å². The van der Waals surface area contributed by atoms with Gasteiger partial charge in [0.05, 0.1) is 0 Å². The number of carbonyl (C=O) groups is 2. The Bertz CT molecular complexity index is 469. The predicted molar refractivity (Wildman–Crippen MR) is 108 cm³/mol. The molecule has 0 aliphatic heterocycles. The van der Waals surface area contributed by atoms with Gasteiger partial charge in [-0.05, 0) is 19.3 Å². The zero-order chi connectivity index (χ0) is 20.7. The Morgan fingerprint density at radius 2 is 1.56 bits per heavy atom. The molecule has 0 amide bonds. The molecule has 1 N–H and O–H groups in total. The molecular weight excluding hydrogens is 344 g/mol. The van der Waals surface area contributed by atoms with Crippen molar-refractivity contribution >= 4 is 11.9 Å². The van der Waals surface area contributed by atoms with Crippen molar-refractivity contribution in [2.45, 2.75) is 90.8 Å². The number of unbranched alkanes of at least 4 members (excludes halogenated alkanes) is 7. The number of aliphatic hydroxyl groups is 1. The van der Waals surface area contributed by atoms with E-state index < -0.39 is 24.3 Å². The van der Waals surface area contributed by atoms with E-state index in [2.05, 4.69) is 27.0 Å². The van der Waals surface area contributed by atoms with Gasteiger partial charge in [0.15, 0.2) is 6.61 Å². The Morgan fingerprint density at radius 1 is 1.04 bits per heavy atom. The molecule has 5 nitrogen and oxygen atoms in total. The summed E-state index contributed by atoms with van der Waals surface area (Å²) in [6.45, 7) is 12.4. The number of esters is 2. The molecule has 0 bridgehead atoms. The van der Waals surface area contributed by atoms with Crippen molar-refractivity contribution in [3.8, 4) is 0 Å². The Labute approximate surface area is 164 Å². The summed E-state index contributed by atoms with van der Waals surface area (Å²) >= 11 is 0. The maximum Gasteiger partial charge on any atom is 0.333 e. The lowest BCUT2D eigenvalue weighted by Crippen LogP contribution is -2.40. The van der Waals surface area contributed by atoms with Crippen LogP contribution in [0.5, 0.6) is 0 Å². The first-order valence-electron chi connectivity index (χ1n) is 10.1. The molecule has 0 aliphatic rings. The number of hydrogen-bond acceptors (Lipinski definition) is 5. The topological polar surface area (TPSA) is 72.8 Å². The Morgan fingerprint density at radius 3 is 2.04 bits per heavy atom. The molecule has 0 aromatic carbocycles. The lowest BCUT2D eigenvalue weighted by Gasteiger charge is -2.27. The highest BCUT2D eigenvalue weighted by Gasteiger charge is 2.32. The van der Waals surface area contributed by atoms with Crippen molar-refractivity contribution in [3.05, 3.63) is 24.8 Å². The first kappa shape index (κ1) is 25.4. The second-order valence-corrected chi connectivity index (χ2v) is 7.69. The summed E-state index contributed by atoms with van der Waals surface area (Å²) in [5.41, 5.74) is 0.223. The number of rotatable bonds is 16. The molecule has 1 atom stereocenters. The highest BCUT2D eigenvalue weighted by Crippen LogP contribution is 2.20. The van der Waals surface area contributed by atoms with Crippen LogP contribution in [-0.2, 0) is 19.1 Å². The number of carbonyl (C=O) groups excluding carboxylic acids is 2. The number of hydrogen-bond donors (Lipinski definition) is 1. The fourth-order valence-electron chi connectivity index (χ4n) is 2.70. The van der Waals surface area contributed by atoms with E-state index in [1.54, 1.807) is 0 Å². The molecule has 0 aromatic heterocycles. The molecule has 0 saturated carbocycles.